The number of hydrogen-bond acceptors (Lipinski definition) is 5. The van der Waals surface area contributed by atoms with E-state index in [4.69, 9.17) is 14.2 Å². The van der Waals surface area contributed by atoms with Crippen molar-refractivity contribution in [3.8, 4) is 17.2 Å². The first-order valence-corrected chi connectivity index (χ1v) is 21.8. The number of hydrogen-bond donors (Lipinski definition) is 0. The highest BCUT2D eigenvalue weighted by molar-refractivity contribution is 6.07. The Balaban J connectivity index is 1.25. The third-order valence-electron chi connectivity index (χ3n) is 9.97. The molecule has 0 radical (unpaired) electrons. The summed E-state index contributed by atoms with van der Waals surface area (Å²) in [6.45, 7) is 5.95. The highest BCUT2D eigenvalue weighted by Gasteiger charge is 2.07. The number of carbonyl (C=O) groups is 2. The van der Waals surface area contributed by atoms with Gasteiger partial charge in [-0.1, -0.05) is 185 Å². The maximum atomic E-state index is 12.9. The van der Waals surface area contributed by atoms with Crippen LogP contribution in [-0.2, 0) is 4.79 Å². The van der Waals surface area contributed by atoms with Crippen molar-refractivity contribution in [2.45, 2.75) is 155 Å². The molecule has 300 valence electrons. The van der Waals surface area contributed by atoms with E-state index in [2.05, 4.69) is 13.8 Å². The van der Waals surface area contributed by atoms with Gasteiger partial charge in [-0.15, -0.1) is 0 Å². The normalized spacial score (nSPS) is 11.4. The fraction of sp³-hybridized carbons (Fsp3) is 0.520. The predicted molar refractivity (Wildman–Crippen MR) is 231 cm³/mol. The monoisotopic (exact) mass is 751 g/mol. The lowest BCUT2D eigenvalue weighted by molar-refractivity contribution is -0.128. The van der Waals surface area contributed by atoms with E-state index in [1.54, 1.807) is 36.4 Å². The smallest absolute Gasteiger partial charge is 0.336 e. The third-order valence-corrected chi connectivity index (χ3v) is 9.97. The quantitative estimate of drug-likeness (QED) is 0.0209. The van der Waals surface area contributed by atoms with Crippen molar-refractivity contribution in [1.29, 1.82) is 0 Å². The summed E-state index contributed by atoms with van der Waals surface area (Å²) in [6.07, 6.45) is 35.5. The van der Waals surface area contributed by atoms with Gasteiger partial charge >= 0.3 is 5.97 Å². The van der Waals surface area contributed by atoms with Gasteiger partial charge in [-0.2, -0.15) is 0 Å². The zero-order valence-corrected chi connectivity index (χ0v) is 34.2. The molecule has 0 heterocycles. The van der Waals surface area contributed by atoms with Crippen LogP contribution in [0.15, 0.2) is 84.9 Å². The first-order chi connectivity index (χ1) is 27.1. The Hall–Kier alpha value is -4.12. The number of unbranched alkanes of at least 4 members (excludes halogenated alkanes) is 20. The average Bonchev–Trinajstić information content (AvgIpc) is 3.21. The molecule has 3 aromatic rings. The van der Waals surface area contributed by atoms with Crippen molar-refractivity contribution in [2.24, 2.45) is 0 Å². The molecule has 0 atom stereocenters. The predicted octanol–water partition coefficient (Wildman–Crippen LogP) is 14.6. The maximum absolute atomic E-state index is 12.9. The van der Waals surface area contributed by atoms with Gasteiger partial charge in [-0.3, -0.25) is 4.79 Å². The first-order valence-electron chi connectivity index (χ1n) is 21.8. The summed E-state index contributed by atoms with van der Waals surface area (Å²) in [5.74, 6) is 1.30. The number of ether oxygens (including phenoxy) is 3. The lowest BCUT2D eigenvalue weighted by atomic mass is 10.0. The Kier molecular flexibility index (Phi) is 24.8. The van der Waals surface area contributed by atoms with Crippen LogP contribution in [0.25, 0.3) is 12.2 Å². The van der Waals surface area contributed by atoms with E-state index >= 15 is 0 Å². The molecule has 0 bridgehead atoms. The van der Waals surface area contributed by atoms with Crippen LogP contribution in [0.1, 0.15) is 177 Å². The van der Waals surface area contributed by atoms with Gasteiger partial charge in [0.25, 0.3) is 0 Å². The number of ketones is 1. The van der Waals surface area contributed by atoms with E-state index in [0.29, 0.717) is 17.9 Å². The molecule has 3 aromatic carbocycles. The minimum absolute atomic E-state index is 0.170. The van der Waals surface area contributed by atoms with E-state index < -0.39 is 5.97 Å². The van der Waals surface area contributed by atoms with Gasteiger partial charge in [0, 0.05) is 11.6 Å². The SMILES string of the molecule is CCCCCCCCCCCCCCCCCCOc1ccc(/C=C/C(=O)c2cccc(OC(=O)/C=C/c3ccc(OCCCCCCCC)cc3)c2)cc1. The van der Waals surface area contributed by atoms with E-state index in [1.807, 2.05) is 48.5 Å². The molecule has 0 aliphatic heterocycles. The highest BCUT2D eigenvalue weighted by atomic mass is 16.5. The summed E-state index contributed by atoms with van der Waals surface area (Å²) in [5.41, 5.74) is 2.22. The van der Waals surface area contributed by atoms with Crippen LogP contribution in [0.5, 0.6) is 17.2 Å². The highest BCUT2D eigenvalue weighted by Crippen LogP contribution is 2.19. The topological polar surface area (TPSA) is 61.8 Å². The Morgan fingerprint density at radius 2 is 0.855 bits per heavy atom. The molecule has 0 fully saturated rings. The Bertz CT molecular complexity index is 1490. The Morgan fingerprint density at radius 1 is 0.455 bits per heavy atom. The molecule has 0 amide bonds. The van der Waals surface area contributed by atoms with Crippen molar-refractivity contribution in [3.05, 3.63) is 102 Å². The summed E-state index contributed by atoms with van der Waals surface area (Å²) >= 11 is 0. The van der Waals surface area contributed by atoms with Crippen molar-refractivity contribution >= 4 is 23.9 Å². The van der Waals surface area contributed by atoms with Crippen LogP contribution < -0.4 is 14.2 Å². The minimum Gasteiger partial charge on any atom is -0.494 e. The molecular formula is C50H70O5. The second-order valence-corrected chi connectivity index (χ2v) is 14.9. The molecule has 0 saturated heterocycles. The summed E-state index contributed by atoms with van der Waals surface area (Å²) in [4.78, 5) is 25.4. The van der Waals surface area contributed by atoms with E-state index in [-0.39, 0.29) is 5.78 Å². The molecule has 3 rings (SSSR count). The summed E-state index contributed by atoms with van der Waals surface area (Å²) in [7, 11) is 0. The van der Waals surface area contributed by atoms with Crippen LogP contribution >= 0.6 is 0 Å². The van der Waals surface area contributed by atoms with Crippen molar-refractivity contribution in [3.63, 3.8) is 0 Å². The molecule has 0 aliphatic carbocycles. The molecule has 0 saturated carbocycles. The minimum atomic E-state index is -0.513. The Morgan fingerprint density at radius 3 is 1.29 bits per heavy atom. The lowest BCUT2D eigenvalue weighted by Crippen LogP contribution is -2.04. The molecule has 0 spiro atoms. The molecule has 5 nitrogen and oxygen atoms in total. The van der Waals surface area contributed by atoms with Crippen LogP contribution in [-0.4, -0.2) is 25.0 Å². The summed E-state index contributed by atoms with van der Waals surface area (Å²) < 4.78 is 17.3. The Labute approximate surface area is 334 Å². The summed E-state index contributed by atoms with van der Waals surface area (Å²) in [6, 6.07) is 22.1. The van der Waals surface area contributed by atoms with Crippen LogP contribution in [0.2, 0.25) is 0 Å². The number of esters is 1. The number of rotatable bonds is 32. The van der Waals surface area contributed by atoms with Crippen molar-refractivity contribution in [1.82, 2.24) is 0 Å². The van der Waals surface area contributed by atoms with Crippen molar-refractivity contribution < 1.29 is 23.8 Å². The molecule has 0 N–H and O–H groups in total. The first kappa shape index (κ1) is 45.3. The van der Waals surface area contributed by atoms with E-state index in [9.17, 15) is 9.59 Å². The zero-order chi connectivity index (χ0) is 39.0. The van der Waals surface area contributed by atoms with E-state index in [1.165, 1.54) is 141 Å². The zero-order valence-electron chi connectivity index (χ0n) is 34.2. The molecule has 5 heteroatoms. The summed E-state index contributed by atoms with van der Waals surface area (Å²) in [5, 5.41) is 0. The van der Waals surface area contributed by atoms with Gasteiger partial charge in [0.1, 0.15) is 17.2 Å². The van der Waals surface area contributed by atoms with E-state index in [0.717, 1.165) is 42.1 Å². The van der Waals surface area contributed by atoms with Gasteiger partial charge in [0.05, 0.1) is 13.2 Å². The van der Waals surface area contributed by atoms with Crippen LogP contribution in [0, 0.1) is 0 Å². The molecule has 0 aromatic heterocycles. The van der Waals surface area contributed by atoms with Gasteiger partial charge in [-0.25, -0.2) is 4.79 Å². The van der Waals surface area contributed by atoms with Crippen molar-refractivity contribution in [2.75, 3.05) is 13.2 Å². The standard InChI is InChI=1S/C50H70O5/c1-3-5-7-9-11-12-13-14-15-16-17-18-19-20-22-24-41-54-46-34-28-43(29-35-46)32-38-49(51)45-26-25-27-48(42-45)55-50(52)39-33-44-30-36-47(37-31-44)53-40-23-21-10-8-6-4-2/h25-39,42H,3-24,40-41H2,1-2H3/b38-32+,39-33+. The molecular weight excluding hydrogens is 681 g/mol. The molecule has 0 unspecified atom stereocenters. The van der Waals surface area contributed by atoms with Gasteiger partial charge < -0.3 is 14.2 Å². The third kappa shape index (κ3) is 22.1. The van der Waals surface area contributed by atoms with Gasteiger partial charge in [-0.05, 0) is 72.5 Å². The maximum Gasteiger partial charge on any atom is 0.336 e. The van der Waals surface area contributed by atoms with Crippen LogP contribution in [0.3, 0.4) is 0 Å². The molecule has 55 heavy (non-hydrogen) atoms. The second kappa shape index (κ2) is 30.1. The van der Waals surface area contributed by atoms with Crippen LogP contribution in [0.4, 0.5) is 0 Å². The number of benzene rings is 3. The number of carbonyl (C=O) groups excluding carboxylic acids is 2. The lowest BCUT2D eigenvalue weighted by Gasteiger charge is -2.07. The average molecular weight is 751 g/mol. The molecule has 0 aliphatic rings. The fourth-order valence-corrected chi connectivity index (χ4v) is 6.56. The van der Waals surface area contributed by atoms with Gasteiger partial charge in [0.15, 0.2) is 5.78 Å². The second-order valence-electron chi connectivity index (χ2n) is 14.9. The fourth-order valence-electron chi connectivity index (χ4n) is 6.56. The largest absolute Gasteiger partial charge is 0.494 e. The van der Waals surface area contributed by atoms with Gasteiger partial charge in [0.2, 0.25) is 0 Å². The number of allylic oxidation sites excluding steroid dienone is 1.